The Morgan fingerprint density at radius 3 is 2.23 bits per heavy atom. The van der Waals surface area contributed by atoms with Gasteiger partial charge in [-0.15, -0.1) is 0 Å². The molecule has 1 saturated carbocycles. The highest BCUT2D eigenvalue weighted by atomic mass is 19.4. The molecule has 1 unspecified atom stereocenters. The first-order valence-corrected chi connectivity index (χ1v) is 14.0. The molecule has 0 radical (unpaired) electrons. The van der Waals surface area contributed by atoms with Gasteiger partial charge in [-0.2, -0.15) is 13.2 Å². The van der Waals surface area contributed by atoms with Crippen LogP contribution in [0.5, 0.6) is 0 Å². The smallest absolute Gasteiger partial charge is 0.388 e. The van der Waals surface area contributed by atoms with Crippen LogP contribution in [0.25, 0.3) is 0 Å². The minimum atomic E-state index is -4.49. The average Bonchev–Trinajstić information content (AvgIpc) is 3.23. The largest absolute Gasteiger partial charge is 0.417 e. The lowest BCUT2D eigenvalue weighted by molar-refractivity contribution is -0.138. The molecule has 5 heterocycles. The van der Waals surface area contributed by atoms with E-state index in [-0.39, 0.29) is 11.3 Å². The van der Waals surface area contributed by atoms with Crippen molar-refractivity contribution in [3.05, 3.63) is 57.7 Å². The van der Waals surface area contributed by atoms with Gasteiger partial charge in [-0.05, 0) is 49.8 Å². The first-order chi connectivity index (χ1) is 18.7. The fourth-order valence-electron chi connectivity index (χ4n) is 7.58. The fraction of sp³-hybridized carbons (Fsp3) is 0.655. The number of nitrogens with zero attached hydrogens (tertiary/aromatic N) is 2. The summed E-state index contributed by atoms with van der Waals surface area (Å²) in [6.45, 7) is 2.07. The Bertz CT molecular complexity index is 1250. The molecule has 39 heavy (non-hydrogen) atoms. The second-order valence-electron chi connectivity index (χ2n) is 11.9. The lowest BCUT2D eigenvalue weighted by Crippen LogP contribution is -2.43. The zero-order chi connectivity index (χ0) is 27.0. The average molecular weight is 547 g/mol. The molecule has 2 saturated heterocycles. The van der Waals surface area contributed by atoms with Gasteiger partial charge in [0.25, 0.3) is 0 Å². The molecule has 5 aliphatic rings. The zero-order valence-corrected chi connectivity index (χ0v) is 21.7. The molecule has 3 fully saturated rings. The second-order valence-corrected chi connectivity index (χ2v) is 11.9. The van der Waals surface area contributed by atoms with Gasteiger partial charge in [-0.1, -0.05) is 6.42 Å². The molecular weight excluding hydrogens is 513 g/mol. The Hall–Kier alpha value is -2.11. The summed E-state index contributed by atoms with van der Waals surface area (Å²) in [5, 5.41) is 23.3. The van der Waals surface area contributed by atoms with Crippen molar-refractivity contribution < 1.29 is 37.6 Å². The third kappa shape index (κ3) is 3.97. The van der Waals surface area contributed by atoms with Gasteiger partial charge in [-0.3, -0.25) is 9.97 Å². The summed E-state index contributed by atoms with van der Waals surface area (Å²) >= 11 is 0. The third-order valence-corrected chi connectivity index (χ3v) is 9.81. The zero-order valence-electron chi connectivity index (χ0n) is 21.7. The van der Waals surface area contributed by atoms with E-state index in [1.165, 1.54) is 6.07 Å². The quantitative estimate of drug-likeness (QED) is 0.538. The van der Waals surface area contributed by atoms with E-state index in [4.69, 9.17) is 19.2 Å². The fourth-order valence-corrected chi connectivity index (χ4v) is 7.58. The van der Waals surface area contributed by atoms with Crippen LogP contribution in [0.1, 0.15) is 115 Å². The van der Waals surface area contributed by atoms with Crippen molar-refractivity contribution in [2.75, 3.05) is 26.4 Å². The number of aliphatic hydroxyl groups is 2. The van der Waals surface area contributed by atoms with Crippen LogP contribution in [0.3, 0.4) is 0 Å². The maximum Gasteiger partial charge on any atom is 0.417 e. The van der Waals surface area contributed by atoms with E-state index in [0.29, 0.717) is 62.6 Å². The van der Waals surface area contributed by atoms with Gasteiger partial charge in [0.05, 0.1) is 34.4 Å². The van der Waals surface area contributed by atoms with Crippen molar-refractivity contribution in [2.24, 2.45) is 5.41 Å². The van der Waals surface area contributed by atoms with Crippen LogP contribution < -0.4 is 0 Å². The Balaban J connectivity index is 1.45. The molecule has 10 heteroatoms. The number of aromatic nitrogens is 2. The standard InChI is InChI=1S/C29H33F3N2O5/c30-29(31,32)17-2-3-18(33-15-17)25-21-22(28(39-25)8-12-38-13-9-28)20-19(35)14-27(6-1-7-27)26(36)24(20)34-23(21)16-4-10-37-11-5-16/h2-3,15-16,19,25-26,35-36H,1,4-14H2/t19?,25-,26+/m1/s1. The highest BCUT2D eigenvalue weighted by Crippen LogP contribution is 2.63. The number of alkyl halides is 3. The van der Waals surface area contributed by atoms with Crippen LogP contribution in [0.4, 0.5) is 13.2 Å². The van der Waals surface area contributed by atoms with E-state index < -0.39 is 35.7 Å². The first-order valence-electron chi connectivity index (χ1n) is 14.0. The van der Waals surface area contributed by atoms with Crippen molar-refractivity contribution in [3.8, 4) is 0 Å². The lowest BCUT2D eigenvalue weighted by Gasteiger charge is -2.51. The number of halogens is 3. The minimum Gasteiger partial charge on any atom is -0.388 e. The number of aliphatic hydroxyl groups excluding tert-OH is 2. The van der Waals surface area contributed by atoms with Crippen LogP contribution in [-0.2, 0) is 26.0 Å². The number of ether oxygens (including phenoxy) is 3. The van der Waals surface area contributed by atoms with Crippen LogP contribution in [0, 0.1) is 5.41 Å². The lowest BCUT2D eigenvalue weighted by atomic mass is 9.57. The van der Waals surface area contributed by atoms with E-state index in [9.17, 15) is 23.4 Å². The van der Waals surface area contributed by atoms with Crippen LogP contribution in [0.2, 0.25) is 0 Å². The Labute approximate surface area is 224 Å². The molecule has 2 aromatic heterocycles. The molecule has 7 rings (SSSR count). The van der Waals surface area contributed by atoms with Gasteiger partial charge in [0.15, 0.2) is 0 Å². The maximum absolute atomic E-state index is 13.3. The van der Waals surface area contributed by atoms with E-state index >= 15 is 0 Å². The predicted molar refractivity (Wildman–Crippen MR) is 132 cm³/mol. The molecular formula is C29H33F3N2O5. The van der Waals surface area contributed by atoms with Gasteiger partial charge < -0.3 is 24.4 Å². The molecule has 2 spiro atoms. The van der Waals surface area contributed by atoms with Gasteiger partial charge >= 0.3 is 6.18 Å². The molecule has 2 N–H and O–H groups in total. The predicted octanol–water partition coefficient (Wildman–Crippen LogP) is 5.16. The molecule has 0 aromatic carbocycles. The number of pyridine rings is 2. The van der Waals surface area contributed by atoms with E-state index in [1.807, 2.05) is 0 Å². The van der Waals surface area contributed by atoms with Gasteiger partial charge in [0.1, 0.15) is 12.2 Å². The topological polar surface area (TPSA) is 93.9 Å². The highest BCUT2D eigenvalue weighted by molar-refractivity contribution is 5.54. The summed E-state index contributed by atoms with van der Waals surface area (Å²) in [7, 11) is 0. The molecule has 3 atom stereocenters. The first kappa shape index (κ1) is 25.8. The number of fused-ring (bicyclic) bond motifs is 4. The minimum absolute atomic E-state index is 0.0388. The summed E-state index contributed by atoms with van der Waals surface area (Å²) in [5.74, 6) is 0.0388. The van der Waals surface area contributed by atoms with E-state index in [2.05, 4.69) is 4.98 Å². The van der Waals surface area contributed by atoms with E-state index in [1.54, 1.807) is 0 Å². The third-order valence-electron chi connectivity index (χ3n) is 9.81. The SMILES string of the molecule is OC1CC2(CCC2)[C@@H](O)c2nc(C3CCOCC3)c3c(c21)C1(CCOCC1)O[C@@H]3c1ccc(C(F)(F)F)cn1. The van der Waals surface area contributed by atoms with Crippen molar-refractivity contribution >= 4 is 0 Å². The van der Waals surface area contributed by atoms with Gasteiger partial charge in [0, 0.05) is 67.9 Å². The van der Waals surface area contributed by atoms with Crippen molar-refractivity contribution in [1.29, 1.82) is 0 Å². The normalized spacial score (nSPS) is 29.7. The highest BCUT2D eigenvalue weighted by Gasteiger charge is 2.57. The van der Waals surface area contributed by atoms with E-state index in [0.717, 1.165) is 61.2 Å². The molecule has 210 valence electrons. The summed E-state index contributed by atoms with van der Waals surface area (Å²) in [6, 6.07) is 2.43. The summed E-state index contributed by atoms with van der Waals surface area (Å²) in [5.41, 5.74) is 2.02. The van der Waals surface area contributed by atoms with Crippen molar-refractivity contribution in [3.63, 3.8) is 0 Å². The molecule has 7 nitrogen and oxygen atoms in total. The second kappa shape index (κ2) is 9.21. The Morgan fingerprint density at radius 2 is 1.62 bits per heavy atom. The van der Waals surface area contributed by atoms with Crippen molar-refractivity contribution in [2.45, 2.75) is 87.4 Å². The molecule has 0 bridgehead atoms. The summed E-state index contributed by atoms with van der Waals surface area (Å²) in [4.78, 5) is 9.38. The molecule has 3 aliphatic heterocycles. The summed E-state index contributed by atoms with van der Waals surface area (Å²) < 4.78 is 58.2. The maximum atomic E-state index is 13.3. The molecule has 2 aliphatic carbocycles. The molecule has 0 amide bonds. The van der Waals surface area contributed by atoms with Crippen LogP contribution >= 0.6 is 0 Å². The monoisotopic (exact) mass is 546 g/mol. The van der Waals surface area contributed by atoms with Gasteiger partial charge in [-0.25, -0.2) is 0 Å². The Kier molecular flexibility index (Phi) is 6.10. The molecule has 2 aromatic rings. The number of hydrogen-bond acceptors (Lipinski definition) is 7. The van der Waals surface area contributed by atoms with Crippen LogP contribution in [0.15, 0.2) is 18.3 Å². The number of rotatable bonds is 2. The van der Waals surface area contributed by atoms with Gasteiger partial charge in [0.2, 0.25) is 0 Å². The van der Waals surface area contributed by atoms with Crippen LogP contribution in [-0.4, -0.2) is 46.6 Å². The number of hydrogen-bond donors (Lipinski definition) is 2. The summed E-state index contributed by atoms with van der Waals surface area (Å²) in [6.07, 6.45) is -0.234. The Morgan fingerprint density at radius 1 is 0.897 bits per heavy atom. The van der Waals surface area contributed by atoms with Crippen molar-refractivity contribution in [1.82, 2.24) is 9.97 Å².